The molecule has 0 amide bonds. The number of ketones is 2. The molecule has 2 fully saturated rings. The second kappa shape index (κ2) is 7.08. The highest BCUT2D eigenvalue weighted by atomic mass is 16.1. The minimum Gasteiger partial charge on any atom is -0.371 e. The second-order valence-electron chi connectivity index (χ2n) is 8.15. The Morgan fingerprint density at radius 3 is 1.39 bits per heavy atom. The zero-order chi connectivity index (χ0) is 19.1. The molecule has 1 aliphatic carbocycles. The topological polar surface area (TPSA) is 40.6 Å². The lowest BCUT2D eigenvalue weighted by Gasteiger charge is -2.34. The summed E-state index contributed by atoms with van der Waals surface area (Å²) in [6.07, 6.45) is 7.03. The third kappa shape index (κ3) is 2.74. The van der Waals surface area contributed by atoms with Crippen LogP contribution in [-0.2, 0) is 0 Å². The number of hydrogen-bond donors (Lipinski definition) is 0. The van der Waals surface area contributed by atoms with Gasteiger partial charge in [0.25, 0.3) is 0 Å². The molecule has 3 aliphatic rings. The summed E-state index contributed by atoms with van der Waals surface area (Å²) in [4.78, 5) is 31.7. The number of carbonyl (C=O) groups is 2. The van der Waals surface area contributed by atoms with Crippen LogP contribution in [0.4, 0.5) is 11.4 Å². The number of fused-ring (bicyclic) bond motifs is 2. The van der Waals surface area contributed by atoms with Gasteiger partial charge in [-0.3, -0.25) is 9.59 Å². The van der Waals surface area contributed by atoms with Crippen LogP contribution in [0, 0.1) is 0 Å². The number of piperidine rings is 2. The highest BCUT2D eigenvalue weighted by Crippen LogP contribution is 2.39. The van der Waals surface area contributed by atoms with Gasteiger partial charge in [-0.05, 0) is 50.7 Å². The zero-order valence-corrected chi connectivity index (χ0v) is 16.2. The molecule has 2 heterocycles. The summed E-state index contributed by atoms with van der Waals surface area (Å²) in [6.45, 7) is 3.83. The Balaban J connectivity index is 1.65. The van der Waals surface area contributed by atoms with Gasteiger partial charge >= 0.3 is 0 Å². The Morgan fingerprint density at radius 1 is 0.536 bits per heavy atom. The summed E-state index contributed by atoms with van der Waals surface area (Å²) in [7, 11) is 0. The molecule has 28 heavy (non-hydrogen) atoms. The van der Waals surface area contributed by atoms with Crippen LogP contribution in [0.3, 0.4) is 0 Å². The monoisotopic (exact) mass is 374 g/mol. The molecule has 5 rings (SSSR count). The largest absolute Gasteiger partial charge is 0.371 e. The van der Waals surface area contributed by atoms with Gasteiger partial charge in [0.2, 0.25) is 0 Å². The molecule has 0 radical (unpaired) electrons. The number of benzene rings is 2. The third-order valence-electron chi connectivity index (χ3n) is 6.42. The van der Waals surface area contributed by atoms with Crippen LogP contribution >= 0.6 is 0 Å². The van der Waals surface area contributed by atoms with Gasteiger partial charge in [-0.1, -0.05) is 24.3 Å². The van der Waals surface area contributed by atoms with Crippen molar-refractivity contribution >= 4 is 22.9 Å². The highest BCUT2D eigenvalue weighted by Gasteiger charge is 2.35. The highest BCUT2D eigenvalue weighted by molar-refractivity contribution is 6.31. The average molecular weight is 374 g/mol. The molecule has 0 aromatic heterocycles. The van der Waals surface area contributed by atoms with Crippen molar-refractivity contribution in [3.8, 4) is 0 Å². The summed E-state index contributed by atoms with van der Waals surface area (Å²) < 4.78 is 0. The lowest BCUT2D eigenvalue weighted by atomic mass is 9.81. The van der Waals surface area contributed by atoms with Crippen molar-refractivity contribution in [2.45, 2.75) is 38.5 Å². The number of anilines is 2. The van der Waals surface area contributed by atoms with E-state index in [1.54, 1.807) is 0 Å². The standard InChI is InChI=1S/C24H26N2O2/c27-23-17-9-7-11-19(25-13-3-1-4-14-25)21(17)24(28)22-18(23)10-8-12-20(22)26-15-5-2-6-16-26/h7-12H,1-6,13-16H2. The Bertz CT molecular complexity index is 864. The first-order valence-corrected chi connectivity index (χ1v) is 10.6. The second-order valence-corrected chi connectivity index (χ2v) is 8.15. The number of carbonyl (C=O) groups excluding carboxylic acids is 2. The van der Waals surface area contributed by atoms with Crippen molar-refractivity contribution in [1.29, 1.82) is 0 Å². The fourth-order valence-corrected chi connectivity index (χ4v) is 5.00. The van der Waals surface area contributed by atoms with Gasteiger partial charge in [-0.15, -0.1) is 0 Å². The van der Waals surface area contributed by atoms with Gasteiger partial charge in [0.05, 0.1) is 11.1 Å². The van der Waals surface area contributed by atoms with E-state index in [9.17, 15) is 9.59 Å². The van der Waals surface area contributed by atoms with Crippen LogP contribution < -0.4 is 9.80 Å². The van der Waals surface area contributed by atoms with Crippen molar-refractivity contribution in [2.24, 2.45) is 0 Å². The Hall–Kier alpha value is -2.62. The van der Waals surface area contributed by atoms with Crippen LogP contribution in [0.15, 0.2) is 36.4 Å². The van der Waals surface area contributed by atoms with Crippen molar-refractivity contribution in [3.05, 3.63) is 58.7 Å². The molecule has 2 aromatic carbocycles. The molecular formula is C24H26N2O2. The third-order valence-corrected chi connectivity index (χ3v) is 6.42. The first-order valence-electron chi connectivity index (χ1n) is 10.6. The van der Waals surface area contributed by atoms with E-state index in [2.05, 4.69) is 9.80 Å². The van der Waals surface area contributed by atoms with Crippen molar-refractivity contribution < 1.29 is 9.59 Å². The Kier molecular flexibility index (Phi) is 4.42. The van der Waals surface area contributed by atoms with E-state index in [1.807, 2.05) is 36.4 Å². The maximum absolute atomic E-state index is 13.8. The first-order chi connectivity index (χ1) is 13.8. The molecule has 0 spiro atoms. The lowest BCUT2D eigenvalue weighted by molar-refractivity contribution is 0.0979. The number of nitrogens with zero attached hydrogens (tertiary/aromatic N) is 2. The summed E-state index contributed by atoms with van der Waals surface area (Å²) in [5, 5.41) is 0. The fraction of sp³-hybridized carbons (Fsp3) is 0.417. The van der Waals surface area contributed by atoms with E-state index in [4.69, 9.17) is 0 Å². The van der Waals surface area contributed by atoms with E-state index >= 15 is 0 Å². The minimum atomic E-state index is -0.0117. The predicted octanol–water partition coefficient (Wildman–Crippen LogP) is 4.44. The number of rotatable bonds is 2. The Labute approximate surface area is 166 Å². The lowest BCUT2D eigenvalue weighted by Crippen LogP contribution is -2.35. The van der Waals surface area contributed by atoms with E-state index in [0.29, 0.717) is 22.3 Å². The summed E-state index contributed by atoms with van der Waals surface area (Å²) >= 11 is 0. The van der Waals surface area contributed by atoms with Crippen molar-refractivity contribution in [2.75, 3.05) is 36.0 Å². The maximum Gasteiger partial charge on any atom is 0.198 e. The van der Waals surface area contributed by atoms with E-state index in [1.165, 1.54) is 12.8 Å². The maximum atomic E-state index is 13.8. The normalized spacial score (nSPS) is 19.4. The molecule has 2 aliphatic heterocycles. The quantitative estimate of drug-likeness (QED) is 0.665. The molecule has 2 aromatic rings. The molecule has 0 N–H and O–H groups in total. The van der Waals surface area contributed by atoms with Gasteiger partial charge in [-0.2, -0.15) is 0 Å². The zero-order valence-electron chi connectivity index (χ0n) is 16.2. The van der Waals surface area contributed by atoms with Crippen molar-refractivity contribution in [1.82, 2.24) is 0 Å². The summed E-state index contributed by atoms with van der Waals surface area (Å²) in [6, 6.07) is 11.5. The van der Waals surface area contributed by atoms with Crippen LogP contribution in [0.5, 0.6) is 0 Å². The summed E-state index contributed by atoms with van der Waals surface area (Å²) in [5.74, 6) is 0.00858. The molecule has 0 bridgehead atoms. The molecule has 144 valence electrons. The van der Waals surface area contributed by atoms with Crippen LogP contribution in [0.25, 0.3) is 0 Å². The molecule has 2 saturated heterocycles. The van der Waals surface area contributed by atoms with Gasteiger partial charge in [-0.25, -0.2) is 0 Å². The smallest absolute Gasteiger partial charge is 0.198 e. The van der Waals surface area contributed by atoms with Crippen LogP contribution in [-0.4, -0.2) is 37.7 Å². The molecule has 0 saturated carbocycles. The van der Waals surface area contributed by atoms with Gasteiger partial charge in [0.15, 0.2) is 11.6 Å². The number of hydrogen-bond acceptors (Lipinski definition) is 4. The molecule has 4 heteroatoms. The van der Waals surface area contributed by atoms with Crippen LogP contribution in [0.1, 0.15) is 70.4 Å². The molecule has 0 atom stereocenters. The first kappa shape index (κ1) is 17.5. The van der Waals surface area contributed by atoms with Crippen molar-refractivity contribution in [3.63, 3.8) is 0 Å². The Morgan fingerprint density at radius 2 is 0.964 bits per heavy atom. The summed E-state index contributed by atoms with van der Waals surface area (Å²) in [5.41, 5.74) is 4.25. The minimum absolute atomic E-state index is 0.0117. The van der Waals surface area contributed by atoms with E-state index < -0.39 is 0 Å². The van der Waals surface area contributed by atoms with E-state index in [0.717, 1.165) is 63.2 Å². The fourth-order valence-electron chi connectivity index (χ4n) is 5.00. The average Bonchev–Trinajstić information content (AvgIpc) is 2.77. The molecule has 4 nitrogen and oxygen atoms in total. The van der Waals surface area contributed by atoms with Gasteiger partial charge in [0, 0.05) is 48.7 Å². The van der Waals surface area contributed by atoms with Crippen LogP contribution in [0.2, 0.25) is 0 Å². The predicted molar refractivity (Wildman–Crippen MR) is 112 cm³/mol. The van der Waals surface area contributed by atoms with E-state index in [-0.39, 0.29) is 11.6 Å². The van der Waals surface area contributed by atoms with Gasteiger partial charge in [0.1, 0.15) is 0 Å². The molecular weight excluding hydrogens is 348 g/mol. The van der Waals surface area contributed by atoms with Gasteiger partial charge < -0.3 is 9.80 Å². The molecule has 0 unspecified atom stereocenters. The SMILES string of the molecule is O=C1c2cccc(N3CCCCC3)c2C(=O)c2c1cccc2N1CCCCC1.